The predicted octanol–water partition coefficient (Wildman–Crippen LogP) is 6.09. The summed E-state index contributed by atoms with van der Waals surface area (Å²) in [6, 6.07) is 17.5. The Morgan fingerprint density at radius 1 is 0.950 bits per heavy atom. The van der Waals surface area contributed by atoms with E-state index < -0.39 is 6.04 Å². The van der Waals surface area contributed by atoms with E-state index in [1.165, 1.54) is 0 Å². The minimum atomic E-state index is -0.683. The van der Waals surface area contributed by atoms with Crippen molar-refractivity contribution >= 4 is 16.9 Å². The molecule has 40 heavy (non-hydrogen) atoms. The van der Waals surface area contributed by atoms with Crippen LogP contribution in [0.4, 0.5) is 0 Å². The number of ether oxygens (including phenoxy) is 4. The van der Waals surface area contributed by atoms with Gasteiger partial charge in [-0.05, 0) is 66.8 Å². The van der Waals surface area contributed by atoms with Crippen molar-refractivity contribution < 1.29 is 28.2 Å². The molecule has 6 rings (SSSR count). The van der Waals surface area contributed by atoms with Crippen LogP contribution in [0.5, 0.6) is 23.0 Å². The van der Waals surface area contributed by atoms with Gasteiger partial charge in [-0.1, -0.05) is 38.1 Å². The third kappa shape index (κ3) is 4.63. The summed E-state index contributed by atoms with van der Waals surface area (Å²) in [6.07, 6.45) is 0.912. The zero-order chi connectivity index (χ0) is 27.8. The molecular weight excluding hydrogens is 510 g/mol. The van der Waals surface area contributed by atoms with Gasteiger partial charge in [-0.15, -0.1) is 0 Å². The van der Waals surface area contributed by atoms with E-state index in [2.05, 4.69) is 13.8 Å². The molecule has 0 fully saturated rings. The number of benzene rings is 3. The highest BCUT2D eigenvalue weighted by Gasteiger charge is 2.43. The first-order valence-electron chi connectivity index (χ1n) is 13.6. The van der Waals surface area contributed by atoms with Crippen molar-refractivity contribution in [2.24, 2.45) is 5.92 Å². The number of hydrogen-bond acceptors (Lipinski definition) is 7. The van der Waals surface area contributed by atoms with Crippen LogP contribution in [-0.4, -0.2) is 30.8 Å². The van der Waals surface area contributed by atoms with Crippen molar-refractivity contribution in [1.29, 1.82) is 0 Å². The van der Waals surface area contributed by atoms with Crippen LogP contribution in [0.1, 0.15) is 60.5 Å². The first-order valence-corrected chi connectivity index (χ1v) is 13.6. The van der Waals surface area contributed by atoms with Crippen LogP contribution in [0.25, 0.3) is 11.0 Å². The molecule has 0 aliphatic carbocycles. The molecule has 8 nitrogen and oxygen atoms in total. The lowest BCUT2D eigenvalue weighted by atomic mass is 9.97. The van der Waals surface area contributed by atoms with E-state index >= 15 is 0 Å². The molecular formula is C32H31NO7. The highest BCUT2D eigenvalue weighted by molar-refractivity contribution is 5.99. The lowest BCUT2D eigenvalue weighted by Gasteiger charge is -2.26. The standard InChI is InChI=1S/C32H31NO7/c1-4-36-27-16-21(10-12-24(27)37-14-13-19(2)3)29-28-30(34)22-7-5-6-8-23(22)40-31(28)32(35)33(29)17-20-9-11-25-26(15-20)39-18-38-25/h5-12,15-16,19,29H,4,13-14,17-18H2,1-3H3. The first kappa shape index (κ1) is 25.8. The fraction of sp³-hybridized carbons (Fsp3) is 0.312. The maximum absolute atomic E-state index is 13.9. The smallest absolute Gasteiger partial charge is 0.291 e. The zero-order valence-electron chi connectivity index (χ0n) is 22.8. The molecule has 8 heteroatoms. The van der Waals surface area contributed by atoms with Gasteiger partial charge in [0.15, 0.2) is 28.4 Å². The molecule has 1 unspecified atom stereocenters. The lowest BCUT2D eigenvalue weighted by molar-refractivity contribution is 0.0714. The molecule has 0 radical (unpaired) electrons. The van der Waals surface area contributed by atoms with Gasteiger partial charge < -0.3 is 28.3 Å². The molecule has 0 saturated carbocycles. The third-order valence-electron chi connectivity index (χ3n) is 7.20. The monoisotopic (exact) mass is 541 g/mol. The minimum absolute atomic E-state index is 0.0599. The van der Waals surface area contributed by atoms with Crippen LogP contribution in [0.15, 0.2) is 69.9 Å². The summed E-state index contributed by atoms with van der Waals surface area (Å²) in [7, 11) is 0. The number of fused-ring (bicyclic) bond motifs is 3. The SMILES string of the molecule is CCOc1cc(C2c3c(oc4ccccc4c3=O)C(=O)N2Cc2ccc3c(c2)OCO3)ccc1OCCC(C)C. The molecule has 1 aromatic heterocycles. The number of hydrogen-bond donors (Lipinski definition) is 0. The molecule has 3 aromatic carbocycles. The number of amides is 1. The highest BCUT2D eigenvalue weighted by atomic mass is 16.7. The minimum Gasteiger partial charge on any atom is -0.490 e. The highest BCUT2D eigenvalue weighted by Crippen LogP contribution is 2.42. The number of para-hydroxylation sites is 1. The second kappa shape index (κ2) is 10.6. The number of rotatable bonds is 9. The second-order valence-corrected chi connectivity index (χ2v) is 10.4. The van der Waals surface area contributed by atoms with Crippen molar-refractivity contribution in [2.75, 3.05) is 20.0 Å². The van der Waals surface area contributed by atoms with E-state index in [0.29, 0.717) is 58.7 Å². The molecule has 1 amide bonds. The Morgan fingerprint density at radius 3 is 2.60 bits per heavy atom. The largest absolute Gasteiger partial charge is 0.490 e. The maximum Gasteiger partial charge on any atom is 0.291 e. The zero-order valence-corrected chi connectivity index (χ0v) is 22.8. The van der Waals surface area contributed by atoms with Crippen molar-refractivity contribution in [3.63, 3.8) is 0 Å². The normalized spacial score (nSPS) is 15.7. The Bertz CT molecular complexity index is 1640. The molecule has 2 aliphatic heterocycles. The molecule has 206 valence electrons. The molecule has 0 N–H and O–H groups in total. The van der Waals surface area contributed by atoms with E-state index in [-0.39, 0.29) is 30.4 Å². The van der Waals surface area contributed by atoms with Gasteiger partial charge in [0.05, 0.1) is 30.2 Å². The van der Waals surface area contributed by atoms with Crippen LogP contribution in [0, 0.1) is 5.92 Å². The average molecular weight is 542 g/mol. The first-order chi connectivity index (χ1) is 19.4. The molecule has 1 atom stereocenters. The van der Waals surface area contributed by atoms with Gasteiger partial charge in [-0.2, -0.15) is 0 Å². The van der Waals surface area contributed by atoms with Crippen LogP contribution in [0.2, 0.25) is 0 Å². The van der Waals surface area contributed by atoms with Gasteiger partial charge in [-0.25, -0.2) is 0 Å². The maximum atomic E-state index is 13.9. The van der Waals surface area contributed by atoms with E-state index in [1.54, 1.807) is 29.2 Å². The third-order valence-corrected chi connectivity index (χ3v) is 7.20. The molecule has 0 spiro atoms. The van der Waals surface area contributed by atoms with E-state index in [1.807, 2.05) is 43.3 Å². The molecule has 0 bridgehead atoms. The molecule has 2 aliphatic rings. The van der Waals surface area contributed by atoms with Gasteiger partial charge in [0.25, 0.3) is 5.91 Å². The summed E-state index contributed by atoms with van der Waals surface area (Å²) >= 11 is 0. The predicted molar refractivity (Wildman–Crippen MR) is 149 cm³/mol. The molecule has 4 aromatic rings. The van der Waals surface area contributed by atoms with Gasteiger partial charge in [0.1, 0.15) is 5.58 Å². The van der Waals surface area contributed by atoms with Crippen LogP contribution in [0.3, 0.4) is 0 Å². The van der Waals surface area contributed by atoms with Crippen molar-refractivity contribution in [2.45, 2.75) is 39.8 Å². The Morgan fingerprint density at radius 2 is 1.77 bits per heavy atom. The summed E-state index contributed by atoms with van der Waals surface area (Å²) in [5.41, 5.74) is 2.05. The Kier molecular flexibility index (Phi) is 6.84. The Balaban J connectivity index is 1.45. The van der Waals surface area contributed by atoms with Gasteiger partial charge in [0.2, 0.25) is 12.6 Å². The van der Waals surface area contributed by atoms with E-state index in [9.17, 15) is 9.59 Å². The fourth-order valence-corrected chi connectivity index (χ4v) is 5.20. The second-order valence-electron chi connectivity index (χ2n) is 10.4. The van der Waals surface area contributed by atoms with Crippen molar-refractivity contribution in [3.8, 4) is 23.0 Å². The quantitative estimate of drug-likeness (QED) is 0.253. The number of carbonyl (C=O) groups is 1. The van der Waals surface area contributed by atoms with Crippen molar-refractivity contribution in [1.82, 2.24) is 4.90 Å². The Hall–Kier alpha value is -4.46. The topological polar surface area (TPSA) is 87.4 Å². The summed E-state index contributed by atoms with van der Waals surface area (Å²) < 4.78 is 29.1. The molecule has 3 heterocycles. The van der Waals surface area contributed by atoms with E-state index in [0.717, 1.165) is 17.5 Å². The summed E-state index contributed by atoms with van der Waals surface area (Å²) in [5, 5.41) is 0.433. The van der Waals surface area contributed by atoms with Crippen LogP contribution < -0.4 is 24.4 Å². The van der Waals surface area contributed by atoms with Gasteiger partial charge in [0, 0.05) is 6.54 Å². The summed E-state index contributed by atoms with van der Waals surface area (Å²) in [5.74, 6) is 2.70. The van der Waals surface area contributed by atoms with Crippen LogP contribution >= 0.6 is 0 Å². The average Bonchev–Trinajstić information content (AvgIpc) is 3.52. The van der Waals surface area contributed by atoms with E-state index in [4.69, 9.17) is 23.4 Å². The molecule has 0 saturated heterocycles. The fourth-order valence-electron chi connectivity index (χ4n) is 5.20. The number of nitrogens with zero attached hydrogens (tertiary/aromatic N) is 1. The summed E-state index contributed by atoms with van der Waals surface area (Å²) in [4.78, 5) is 29.4. The van der Waals surface area contributed by atoms with Gasteiger partial charge in [-0.3, -0.25) is 9.59 Å². The van der Waals surface area contributed by atoms with Crippen LogP contribution in [-0.2, 0) is 6.54 Å². The van der Waals surface area contributed by atoms with Gasteiger partial charge >= 0.3 is 0 Å². The summed E-state index contributed by atoms with van der Waals surface area (Å²) in [6.45, 7) is 7.60. The lowest BCUT2D eigenvalue weighted by Crippen LogP contribution is -2.29. The number of carbonyl (C=O) groups excluding carboxylic acids is 1. The Labute approximate surface area is 232 Å². The van der Waals surface area contributed by atoms with Crippen molar-refractivity contribution in [3.05, 3.63) is 93.3 Å².